The quantitative estimate of drug-likeness (QED) is 0.581. The molecular formula is C13H16N2O. The maximum absolute atomic E-state index is 11.6. The molecular weight excluding hydrogens is 200 g/mol. The van der Waals surface area contributed by atoms with Crippen LogP contribution in [0.5, 0.6) is 0 Å². The van der Waals surface area contributed by atoms with E-state index in [0.29, 0.717) is 6.54 Å². The Morgan fingerprint density at radius 3 is 2.75 bits per heavy atom. The summed E-state index contributed by atoms with van der Waals surface area (Å²) in [7, 11) is 0. The van der Waals surface area contributed by atoms with E-state index in [4.69, 9.17) is 5.73 Å². The first-order valence-electron chi connectivity index (χ1n) is 5.44. The Morgan fingerprint density at radius 2 is 2.06 bits per heavy atom. The van der Waals surface area contributed by atoms with Gasteiger partial charge in [0.2, 0.25) is 5.91 Å². The first-order chi connectivity index (χ1) is 7.65. The van der Waals surface area contributed by atoms with E-state index in [2.05, 4.69) is 11.9 Å². The van der Waals surface area contributed by atoms with Gasteiger partial charge in [-0.25, -0.2) is 0 Å². The van der Waals surface area contributed by atoms with E-state index >= 15 is 0 Å². The van der Waals surface area contributed by atoms with Gasteiger partial charge in [0.05, 0.1) is 0 Å². The molecule has 3 N–H and O–H groups in total. The molecule has 1 aliphatic rings. The van der Waals surface area contributed by atoms with E-state index < -0.39 is 0 Å². The van der Waals surface area contributed by atoms with Crippen molar-refractivity contribution in [1.29, 1.82) is 0 Å². The molecule has 1 aliphatic heterocycles. The van der Waals surface area contributed by atoms with Crippen LogP contribution in [0.15, 0.2) is 36.4 Å². The number of nitrogens with two attached hydrogens (primary N) is 1. The summed E-state index contributed by atoms with van der Waals surface area (Å²) < 4.78 is 0. The molecule has 3 heteroatoms. The Kier molecular flexibility index (Phi) is 2.95. The molecule has 0 radical (unpaired) electrons. The van der Waals surface area contributed by atoms with Crippen LogP contribution in [0.25, 0.3) is 0 Å². The first-order valence-corrected chi connectivity index (χ1v) is 5.44. The molecule has 2 rings (SSSR count). The van der Waals surface area contributed by atoms with E-state index in [1.54, 1.807) is 0 Å². The van der Waals surface area contributed by atoms with Crippen LogP contribution in [0.2, 0.25) is 0 Å². The van der Waals surface area contributed by atoms with Crippen molar-refractivity contribution in [3.8, 4) is 0 Å². The molecule has 1 aromatic carbocycles. The number of benzene rings is 1. The molecule has 0 aliphatic carbocycles. The minimum atomic E-state index is 0.0184. The number of rotatable bonds is 2. The minimum absolute atomic E-state index is 0.0184. The zero-order valence-corrected chi connectivity index (χ0v) is 9.20. The molecule has 1 aromatic rings. The summed E-state index contributed by atoms with van der Waals surface area (Å²) in [6.07, 6.45) is 1.54. The standard InChI is InChI=1S/C13H16N2O/c1-9-6-11(13(16)15-8-9)7-10-2-4-12(14)5-3-10/h2-5,11H,1,6-8,14H2,(H,15,16)/t11-/m0/s1. The van der Waals surface area contributed by atoms with Gasteiger partial charge in [-0.2, -0.15) is 0 Å². The lowest BCUT2D eigenvalue weighted by Crippen LogP contribution is -2.38. The lowest BCUT2D eigenvalue weighted by atomic mass is 9.89. The van der Waals surface area contributed by atoms with Gasteiger partial charge >= 0.3 is 0 Å². The van der Waals surface area contributed by atoms with Crippen LogP contribution in [-0.2, 0) is 11.2 Å². The topological polar surface area (TPSA) is 55.1 Å². The Bertz CT molecular complexity index is 408. The fraction of sp³-hybridized carbons (Fsp3) is 0.308. The molecule has 16 heavy (non-hydrogen) atoms. The highest BCUT2D eigenvalue weighted by Crippen LogP contribution is 2.20. The number of anilines is 1. The molecule has 3 nitrogen and oxygen atoms in total. The van der Waals surface area contributed by atoms with Crippen LogP contribution >= 0.6 is 0 Å². The second-order valence-corrected chi connectivity index (χ2v) is 4.31. The molecule has 1 saturated heterocycles. The van der Waals surface area contributed by atoms with E-state index in [9.17, 15) is 4.79 Å². The third kappa shape index (κ3) is 2.42. The third-order valence-corrected chi connectivity index (χ3v) is 2.88. The van der Waals surface area contributed by atoms with E-state index in [1.165, 1.54) is 0 Å². The number of carbonyl (C=O) groups excluding carboxylic acids is 1. The van der Waals surface area contributed by atoms with E-state index in [-0.39, 0.29) is 11.8 Å². The molecule has 1 atom stereocenters. The largest absolute Gasteiger partial charge is 0.399 e. The number of piperidine rings is 1. The van der Waals surface area contributed by atoms with Crippen molar-refractivity contribution in [1.82, 2.24) is 5.32 Å². The lowest BCUT2D eigenvalue weighted by molar-refractivity contribution is -0.125. The van der Waals surface area contributed by atoms with Crippen LogP contribution in [0, 0.1) is 5.92 Å². The Balaban J connectivity index is 2.05. The zero-order chi connectivity index (χ0) is 11.5. The number of carbonyl (C=O) groups is 1. The Hall–Kier alpha value is -1.77. The maximum atomic E-state index is 11.6. The van der Waals surface area contributed by atoms with Crippen molar-refractivity contribution in [3.63, 3.8) is 0 Å². The third-order valence-electron chi connectivity index (χ3n) is 2.88. The van der Waals surface area contributed by atoms with Gasteiger partial charge in [-0.1, -0.05) is 24.3 Å². The number of nitrogen functional groups attached to an aromatic ring is 1. The summed E-state index contributed by atoms with van der Waals surface area (Å²) in [5, 5.41) is 2.85. The fourth-order valence-electron chi connectivity index (χ4n) is 1.97. The molecule has 1 fully saturated rings. The molecule has 84 valence electrons. The van der Waals surface area contributed by atoms with Crippen molar-refractivity contribution in [2.75, 3.05) is 12.3 Å². The van der Waals surface area contributed by atoms with Gasteiger partial charge in [-0.05, 0) is 30.5 Å². The van der Waals surface area contributed by atoms with Crippen LogP contribution in [0.3, 0.4) is 0 Å². The fourth-order valence-corrected chi connectivity index (χ4v) is 1.97. The smallest absolute Gasteiger partial charge is 0.224 e. The number of hydrogen-bond donors (Lipinski definition) is 2. The van der Waals surface area contributed by atoms with Crippen molar-refractivity contribution in [3.05, 3.63) is 42.0 Å². The first kappa shape index (κ1) is 10.7. The van der Waals surface area contributed by atoms with E-state index in [0.717, 1.165) is 29.7 Å². The highest BCUT2D eigenvalue weighted by Gasteiger charge is 2.23. The summed E-state index contributed by atoms with van der Waals surface area (Å²) in [5.74, 6) is 0.147. The predicted molar refractivity (Wildman–Crippen MR) is 64.8 cm³/mol. The van der Waals surface area contributed by atoms with Gasteiger partial charge in [0.1, 0.15) is 0 Å². The molecule has 0 saturated carbocycles. The predicted octanol–water partition coefficient (Wildman–Crippen LogP) is 1.50. The molecule has 0 bridgehead atoms. The summed E-state index contributed by atoms with van der Waals surface area (Å²) in [6, 6.07) is 7.68. The van der Waals surface area contributed by atoms with Crippen LogP contribution in [0.1, 0.15) is 12.0 Å². The van der Waals surface area contributed by atoms with Gasteiger partial charge < -0.3 is 11.1 Å². The van der Waals surface area contributed by atoms with Crippen molar-refractivity contribution >= 4 is 11.6 Å². The highest BCUT2D eigenvalue weighted by atomic mass is 16.1. The van der Waals surface area contributed by atoms with E-state index in [1.807, 2.05) is 24.3 Å². The zero-order valence-electron chi connectivity index (χ0n) is 9.20. The number of amides is 1. The van der Waals surface area contributed by atoms with Gasteiger partial charge in [0.25, 0.3) is 0 Å². The Labute approximate surface area is 95.3 Å². The van der Waals surface area contributed by atoms with Crippen molar-refractivity contribution < 1.29 is 4.79 Å². The molecule has 1 heterocycles. The highest BCUT2D eigenvalue weighted by molar-refractivity contribution is 5.80. The molecule has 0 unspecified atom stereocenters. The minimum Gasteiger partial charge on any atom is -0.399 e. The maximum Gasteiger partial charge on any atom is 0.224 e. The monoisotopic (exact) mass is 216 g/mol. The van der Waals surface area contributed by atoms with Gasteiger partial charge in [-0.3, -0.25) is 4.79 Å². The number of hydrogen-bond acceptors (Lipinski definition) is 2. The molecule has 0 aromatic heterocycles. The number of nitrogens with one attached hydrogen (secondary N) is 1. The average molecular weight is 216 g/mol. The summed E-state index contributed by atoms with van der Waals surface area (Å²) in [6.45, 7) is 4.54. The summed E-state index contributed by atoms with van der Waals surface area (Å²) in [4.78, 5) is 11.6. The normalized spacial score (nSPS) is 20.6. The van der Waals surface area contributed by atoms with Crippen LogP contribution in [-0.4, -0.2) is 12.5 Å². The average Bonchev–Trinajstić information content (AvgIpc) is 2.27. The second kappa shape index (κ2) is 4.39. The lowest BCUT2D eigenvalue weighted by Gasteiger charge is -2.23. The SMILES string of the molecule is C=C1CNC(=O)[C@H](Cc2ccc(N)cc2)C1. The van der Waals surface area contributed by atoms with Crippen LogP contribution < -0.4 is 11.1 Å². The second-order valence-electron chi connectivity index (χ2n) is 4.31. The molecule has 0 spiro atoms. The van der Waals surface area contributed by atoms with Gasteiger partial charge in [-0.15, -0.1) is 0 Å². The summed E-state index contributed by atoms with van der Waals surface area (Å²) >= 11 is 0. The molecule has 1 amide bonds. The Morgan fingerprint density at radius 1 is 1.38 bits per heavy atom. The van der Waals surface area contributed by atoms with Gasteiger partial charge in [0, 0.05) is 18.2 Å². The van der Waals surface area contributed by atoms with Crippen molar-refractivity contribution in [2.24, 2.45) is 5.92 Å². The van der Waals surface area contributed by atoms with Crippen molar-refractivity contribution in [2.45, 2.75) is 12.8 Å². The van der Waals surface area contributed by atoms with Gasteiger partial charge in [0.15, 0.2) is 0 Å². The summed E-state index contributed by atoms with van der Waals surface area (Å²) in [5.41, 5.74) is 8.61. The van der Waals surface area contributed by atoms with Crippen LogP contribution in [0.4, 0.5) is 5.69 Å².